The molecule has 28 heavy (non-hydrogen) atoms. The van der Waals surface area contributed by atoms with E-state index >= 15 is 0 Å². The third-order valence-corrected chi connectivity index (χ3v) is 4.59. The molecule has 0 atom stereocenters. The van der Waals surface area contributed by atoms with Gasteiger partial charge in [-0.25, -0.2) is 0 Å². The molecular formula is C21H18ClF3N2O. The highest BCUT2D eigenvalue weighted by Gasteiger charge is 2.38. The van der Waals surface area contributed by atoms with E-state index in [1.54, 1.807) is 54.6 Å². The van der Waals surface area contributed by atoms with Gasteiger partial charge in [-0.2, -0.15) is 13.2 Å². The summed E-state index contributed by atoms with van der Waals surface area (Å²) < 4.78 is 42.5. The van der Waals surface area contributed by atoms with Gasteiger partial charge in [0.1, 0.15) is 11.4 Å². The lowest BCUT2D eigenvalue weighted by Gasteiger charge is -2.18. The van der Waals surface area contributed by atoms with Gasteiger partial charge in [0.15, 0.2) is 0 Å². The number of rotatable bonds is 4. The molecule has 3 nitrogen and oxygen atoms in total. The maximum absolute atomic E-state index is 13.8. The average Bonchev–Trinajstić information content (AvgIpc) is 3.02. The third kappa shape index (κ3) is 4.07. The third-order valence-electron chi connectivity index (χ3n) is 4.33. The fourth-order valence-electron chi connectivity index (χ4n) is 3.01. The Labute approximate surface area is 166 Å². The molecule has 2 aromatic carbocycles. The maximum atomic E-state index is 13.8. The fourth-order valence-corrected chi connectivity index (χ4v) is 3.13. The maximum Gasteiger partial charge on any atom is 0.431 e. The Morgan fingerprint density at radius 3 is 2.18 bits per heavy atom. The van der Waals surface area contributed by atoms with Crippen molar-refractivity contribution in [3.63, 3.8) is 0 Å². The zero-order valence-electron chi connectivity index (χ0n) is 15.3. The molecular weight excluding hydrogens is 389 g/mol. The zero-order valence-corrected chi connectivity index (χ0v) is 16.1. The SMILES string of the molecule is CN(C)C(=O)c1c(-c2ccc(Cl)cc2)cc(C(F)(F)F)n1Cc1ccccc1. The second-order valence-electron chi connectivity index (χ2n) is 6.57. The summed E-state index contributed by atoms with van der Waals surface area (Å²) in [6.45, 7) is -0.0712. The van der Waals surface area contributed by atoms with Crippen LogP contribution in [0.3, 0.4) is 0 Å². The minimum absolute atomic E-state index is 0.0106. The smallest absolute Gasteiger partial charge is 0.343 e. The lowest BCUT2D eigenvalue weighted by atomic mass is 10.1. The molecule has 0 spiro atoms. The van der Waals surface area contributed by atoms with E-state index in [-0.39, 0.29) is 17.8 Å². The number of halogens is 4. The summed E-state index contributed by atoms with van der Waals surface area (Å²) in [5, 5.41) is 0.462. The highest BCUT2D eigenvalue weighted by atomic mass is 35.5. The number of hydrogen-bond donors (Lipinski definition) is 0. The standard InChI is InChI=1S/C21H18ClF3N2O/c1-26(2)20(28)19-17(15-8-10-16(22)11-9-15)12-18(21(23,24)25)27(19)13-14-6-4-3-5-7-14/h3-12H,13H2,1-2H3. The van der Waals surface area contributed by atoms with Crippen molar-refractivity contribution in [3.05, 3.63) is 82.6 Å². The first-order chi connectivity index (χ1) is 13.2. The average molecular weight is 407 g/mol. The van der Waals surface area contributed by atoms with Crippen molar-refractivity contribution >= 4 is 17.5 Å². The lowest BCUT2D eigenvalue weighted by Crippen LogP contribution is -2.27. The summed E-state index contributed by atoms with van der Waals surface area (Å²) in [5.41, 5.74) is 0.500. The molecule has 1 amide bonds. The summed E-state index contributed by atoms with van der Waals surface area (Å²) in [4.78, 5) is 14.1. The van der Waals surface area contributed by atoms with Gasteiger partial charge in [-0.3, -0.25) is 4.79 Å². The number of amides is 1. The Hall–Kier alpha value is -2.73. The minimum Gasteiger partial charge on any atom is -0.343 e. The van der Waals surface area contributed by atoms with E-state index in [1.165, 1.54) is 19.0 Å². The summed E-state index contributed by atoms with van der Waals surface area (Å²) in [7, 11) is 3.03. The van der Waals surface area contributed by atoms with Crippen LogP contribution in [0.4, 0.5) is 13.2 Å². The van der Waals surface area contributed by atoms with Crippen molar-refractivity contribution in [1.82, 2.24) is 9.47 Å². The van der Waals surface area contributed by atoms with Crippen LogP contribution in [0.5, 0.6) is 0 Å². The fraction of sp³-hybridized carbons (Fsp3) is 0.190. The molecule has 3 aromatic rings. The molecule has 7 heteroatoms. The molecule has 1 aromatic heterocycles. The van der Waals surface area contributed by atoms with Gasteiger partial charge < -0.3 is 9.47 Å². The van der Waals surface area contributed by atoms with Crippen molar-refractivity contribution in [2.75, 3.05) is 14.1 Å². The van der Waals surface area contributed by atoms with E-state index in [0.29, 0.717) is 16.1 Å². The van der Waals surface area contributed by atoms with Gasteiger partial charge in [-0.05, 0) is 29.3 Å². The van der Waals surface area contributed by atoms with E-state index in [9.17, 15) is 18.0 Å². The summed E-state index contributed by atoms with van der Waals surface area (Å²) in [5.74, 6) is -0.503. The Kier molecular flexibility index (Phi) is 5.52. The number of carbonyl (C=O) groups is 1. The summed E-state index contributed by atoms with van der Waals surface area (Å²) in [6, 6.07) is 16.2. The highest BCUT2D eigenvalue weighted by Crippen LogP contribution is 2.38. The van der Waals surface area contributed by atoms with Crippen LogP contribution in [0, 0.1) is 0 Å². The highest BCUT2D eigenvalue weighted by molar-refractivity contribution is 6.30. The molecule has 0 N–H and O–H groups in total. The lowest BCUT2D eigenvalue weighted by molar-refractivity contribution is -0.143. The molecule has 146 valence electrons. The van der Waals surface area contributed by atoms with E-state index in [4.69, 9.17) is 11.6 Å². The van der Waals surface area contributed by atoms with Crippen LogP contribution in [0.25, 0.3) is 11.1 Å². The van der Waals surface area contributed by atoms with Gasteiger partial charge in [0, 0.05) is 31.2 Å². The van der Waals surface area contributed by atoms with Crippen LogP contribution in [0.1, 0.15) is 21.7 Å². The van der Waals surface area contributed by atoms with Gasteiger partial charge in [-0.1, -0.05) is 54.1 Å². The molecule has 0 saturated heterocycles. The van der Waals surface area contributed by atoms with Crippen molar-refractivity contribution in [2.24, 2.45) is 0 Å². The van der Waals surface area contributed by atoms with Gasteiger partial charge in [0.05, 0.1) is 0 Å². The van der Waals surface area contributed by atoms with Crippen molar-refractivity contribution < 1.29 is 18.0 Å². The number of carbonyl (C=O) groups excluding carboxylic acids is 1. The second kappa shape index (κ2) is 7.72. The molecule has 0 fully saturated rings. The number of alkyl halides is 3. The Bertz CT molecular complexity index is 977. The van der Waals surface area contributed by atoms with Crippen LogP contribution in [-0.4, -0.2) is 29.5 Å². The van der Waals surface area contributed by atoms with Crippen LogP contribution in [0.2, 0.25) is 5.02 Å². The Balaban J connectivity index is 2.27. The molecule has 1 heterocycles. The summed E-state index contributed by atoms with van der Waals surface area (Å²) in [6.07, 6.45) is -4.61. The molecule has 0 aliphatic carbocycles. The number of benzene rings is 2. The first kappa shape index (κ1) is 20.0. The van der Waals surface area contributed by atoms with Crippen molar-refractivity contribution in [2.45, 2.75) is 12.7 Å². The van der Waals surface area contributed by atoms with Crippen LogP contribution in [-0.2, 0) is 12.7 Å². The largest absolute Gasteiger partial charge is 0.431 e. The first-order valence-corrected chi connectivity index (χ1v) is 8.88. The molecule has 0 saturated carbocycles. The van der Waals surface area contributed by atoms with E-state index < -0.39 is 17.8 Å². The van der Waals surface area contributed by atoms with E-state index in [1.807, 2.05) is 0 Å². The molecule has 0 unspecified atom stereocenters. The Morgan fingerprint density at radius 1 is 1.04 bits per heavy atom. The van der Waals surface area contributed by atoms with E-state index in [2.05, 4.69) is 0 Å². The number of hydrogen-bond acceptors (Lipinski definition) is 1. The quantitative estimate of drug-likeness (QED) is 0.555. The molecule has 0 radical (unpaired) electrons. The van der Waals surface area contributed by atoms with E-state index in [0.717, 1.165) is 10.6 Å². The monoisotopic (exact) mass is 406 g/mol. The second-order valence-corrected chi connectivity index (χ2v) is 7.00. The Morgan fingerprint density at radius 2 is 1.64 bits per heavy atom. The van der Waals surface area contributed by atoms with Gasteiger partial charge in [0.2, 0.25) is 0 Å². The number of aromatic nitrogens is 1. The topological polar surface area (TPSA) is 25.2 Å². The summed E-state index contributed by atoms with van der Waals surface area (Å²) >= 11 is 5.91. The van der Waals surface area contributed by atoms with Crippen LogP contribution in [0.15, 0.2) is 60.7 Å². The normalized spacial score (nSPS) is 11.5. The molecule has 0 aliphatic heterocycles. The predicted octanol–water partition coefficient (Wildman–Crippen LogP) is 5.58. The van der Waals surface area contributed by atoms with Crippen molar-refractivity contribution in [3.8, 4) is 11.1 Å². The minimum atomic E-state index is -4.61. The zero-order chi connectivity index (χ0) is 20.5. The van der Waals surface area contributed by atoms with Gasteiger partial charge >= 0.3 is 6.18 Å². The molecule has 0 bridgehead atoms. The number of nitrogens with zero attached hydrogens (tertiary/aromatic N) is 2. The molecule has 3 rings (SSSR count). The van der Waals surface area contributed by atoms with Crippen LogP contribution < -0.4 is 0 Å². The predicted molar refractivity (Wildman–Crippen MR) is 103 cm³/mol. The van der Waals surface area contributed by atoms with Gasteiger partial charge in [-0.15, -0.1) is 0 Å². The van der Waals surface area contributed by atoms with Crippen molar-refractivity contribution in [1.29, 1.82) is 0 Å². The van der Waals surface area contributed by atoms with Crippen LogP contribution >= 0.6 is 11.6 Å². The van der Waals surface area contributed by atoms with Gasteiger partial charge in [0.25, 0.3) is 5.91 Å². The first-order valence-electron chi connectivity index (χ1n) is 8.50. The molecule has 0 aliphatic rings.